The molecule has 12 heteroatoms. The van der Waals surface area contributed by atoms with Crippen molar-refractivity contribution < 1.29 is 52.3 Å². The Kier molecular flexibility index (Phi) is 42.4. The Morgan fingerprint density at radius 3 is 1.52 bits per heavy atom. The summed E-state index contributed by atoms with van der Waals surface area (Å²) in [7, 11) is 0. The van der Waals surface area contributed by atoms with Gasteiger partial charge in [0.1, 0.15) is 26.4 Å². The summed E-state index contributed by atoms with van der Waals surface area (Å²) >= 11 is 0. The van der Waals surface area contributed by atoms with Crippen LogP contribution in [0.3, 0.4) is 0 Å². The number of unbranched alkanes of at least 4 members (excludes halogenated alkanes) is 16. The fourth-order valence-corrected chi connectivity index (χ4v) is 6.37. The van der Waals surface area contributed by atoms with Gasteiger partial charge < -0.3 is 38.1 Å². The number of hydrogen-bond donors (Lipinski definition) is 0. The number of carbonyl (C=O) groups excluding carboxylic acids is 4. The normalized spacial score (nSPS) is 12.0. The maximum atomic E-state index is 12.9. The van der Waals surface area contributed by atoms with Crippen LogP contribution in [-0.2, 0) is 47.5 Å². The van der Waals surface area contributed by atoms with Crippen molar-refractivity contribution in [3.05, 3.63) is 12.2 Å². The molecule has 1 unspecified atom stereocenters. The first-order valence-corrected chi connectivity index (χ1v) is 24.2. The molecule has 0 aliphatic carbocycles. The van der Waals surface area contributed by atoms with Gasteiger partial charge in [-0.15, -0.1) is 0 Å². The van der Waals surface area contributed by atoms with Gasteiger partial charge in [-0.1, -0.05) is 137 Å². The van der Waals surface area contributed by atoms with Gasteiger partial charge in [-0.2, -0.15) is 0 Å². The summed E-state index contributed by atoms with van der Waals surface area (Å²) in [5, 5.41) is 0. The fraction of sp³-hybridized carbons (Fsp3) is 0.875. The molecule has 1 atom stereocenters. The molecule has 0 aromatic carbocycles. The highest BCUT2D eigenvalue weighted by Gasteiger charge is 2.20. The summed E-state index contributed by atoms with van der Waals surface area (Å²) in [4.78, 5) is 52.1. The number of hydrogen-bond acceptors (Lipinski definition) is 12. The second kappa shape index (κ2) is 44.4. The van der Waals surface area contributed by atoms with Crippen LogP contribution in [-0.4, -0.2) is 101 Å². The van der Waals surface area contributed by atoms with E-state index in [1.54, 1.807) is 0 Å². The van der Waals surface area contributed by atoms with Crippen LogP contribution in [0, 0.1) is 5.92 Å². The Balaban J connectivity index is 4.79. The summed E-state index contributed by atoms with van der Waals surface area (Å²) in [5.74, 6) is -1.53. The largest absolute Gasteiger partial charge is 0.508 e. The van der Waals surface area contributed by atoms with Crippen LogP contribution in [0.5, 0.6) is 0 Å². The molecule has 0 heterocycles. The van der Waals surface area contributed by atoms with E-state index >= 15 is 0 Å². The fourth-order valence-electron chi connectivity index (χ4n) is 6.37. The highest BCUT2D eigenvalue weighted by Crippen LogP contribution is 2.13. The maximum Gasteiger partial charge on any atom is 0.508 e. The minimum absolute atomic E-state index is 0.0670. The molecule has 0 radical (unpaired) electrons. The summed E-state index contributed by atoms with van der Waals surface area (Å²) in [5.41, 5.74) is 0. The van der Waals surface area contributed by atoms with E-state index in [9.17, 15) is 19.2 Å². The average Bonchev–Trinajstić information content (AvgIpc) is 3.25. The smallest absolute Gasteiger partial charge is 0.465 e. The van der Waals surface area contributed by atoms with Crippen molar-refractivity contribution in [1.29, 1.82) is 0 Å². The third-order valence-corrected chi connectivity index (χ3v) is 10.3. The molecular weight excluding hydrogens is 767 g/mol. The standard InChI is InChI=1S/C48H89NO11/c1-6-11-14-17-18-24-27-36-54-44(50)31-25-20-19-21-26-32-45(51)58-40-43(42-60-48(53)57-39-30-35-49(9-4)10-5)41-59-46(52)33-34-47(55-37-28-22-15-12-7-2)56-38-29-23-16-13-8-3/h24,27,43,47H,6-23,25-26,28-42H2,1-5H3. The third kappa shape index (κ3) is 39.4. The molecule has 0 saturated carbocycles. The second-order valence-corrected chi connectivity index (χ2v) is 15.8. The lowest BCUT2D eigenvalue weighted by atomic mass is 10.1. The Hall–Kier alpha value is -2.70. The number of esters is 3. The van der Waals surface area contributed by atoms with E-state index in [0.29, 0.717) is 45.5 Å². The summed E-state index contributed by atoms with van der Waals surface area (Å²) < 4.78 is 39.1. The number of carbonyl (C=O) groups is 4. The van der Waals surface area contributed by atoms with E-state index in [-0.39, 0.29) is 51.2 Å². The Labute approximate surface area is 365 Å². The summed E-state index contributed by atoms with van der Waals surface area (Å²) in [6.45, 7) is 14.9. The number of allylic oxidation sites excluding steroid dienone is 1. The zero-order valence-corrected chi connectivity index (χ0v) is 39.0. The number of ether oxygens (including phenoxy) is 7. The molecule has 0 saturated heterocycles. The highest BCUT2D eigenvalue weighted by molar-refractivity contribution is 5.70. The Morgan fingerprint density at radius 2 is 0.950 bits per heavy atom. The molecule has 0 aliphatic heterocycles. The van der Waals surface area contributed by atoms with E-state index in [1.165, 1.54) is 64.2 Å². The van der Waals surface area contributed by atoms with Gasteiger partial charge in [0.05, 0.1) is 18.9 Å². The number of rotatable bonds is 44. The van der Waals surface area contributed by atoms with Gasteiger partial charge in [0.25, 0.3) is 0 Å². The van der Waals surface area contributed by atoms with E-state index in [2.05, 4.69) is 45.6 Å². The van der Waals surface area contributed by atoms with Crippen molar-refractivity contribution in [2.75, 3.05) is 65.9 Å². The molecule has 60 heavy (non-hydrogen) atoms. The summed E-state index contributed by atoms with van der Waals surface area (Å²) in [6, 6.07) is 0. The monoisotopic (exact) mass is 856 g/mol. The van der Waals surface area contributed by atoms with Crippen LogP contribution in [0.1, 0.15) is 195 Å². The lowest BCUT2D eigenvalue weighted by Crippen LogP contribution is -2.28. The minimum Gasteiger partial charge on any atom is -0.465 e. The van der Waals surface area contributed by atoms with E-state index in [0.717, 1.165) is 77.4 Å². The van der Waals surface area contributed by atoms with Crippen molar-refractivity contribution in [3.8, 4) is 0 Å². The van der Waals surface area contributed by atoms with Gasteiger partial charge in [-0.05, 0) is 58.0 Å². The van der Waals surface area contributed by atoms with Crippen LogP contribution in [0.2, 0.25) is 0 Å². The lowest BCUT2D eigenvalue weighted by molar-refractivity contribution is -0.161. The first-order chi connectivity index (χ1) is 29.3. The van der Waals surface area contributed by atoms with E-state index in [1.807, 2.05) is 6.08 Å². The molecule has 12 nitrogen and oxygen atoms in total. The molecule has 0 aliphatic rings. The van der Waals surface area contributed by atoms with Gasteiger partial charge in [0.2, 0.25) is 0 Å². The topological polar surface area (TPSA) is 136 Å². The van der Waals surface area contributed by atoms with Crippen molar-refractivity contribution in [3.63, 3.8) is 0 Å². The molecule has 0 amide bonds. The molecule has 0 N–H and O–H groups in total. The Bertz CT molecular complexity index is 1020. The lowest BCUT2D eigenvalue weighted by Gasteiger charge is -2.20. The Morgan fingerprint density at radius 1 is 0.467 bits per heavy atom. The zero-order chi connectivity index (χ0) is 44.2. The number of nitrogens with zero attached hydrogens (tertiary/aromatic N) is 1. The predicted molar refractivity (Wildman–Crippen MR) is 239 cm³/mol. The van der Waals surface area contributed by atoms with Crippen LogP contribution < -0.4 is 0 Å². The highest BCUT2D eigenvalue weighted by atomic mass is 16.7. The zero-order valence-electron chi connectivity index (χ0n) is 39.0. The SMILES string of the molecule is CCCCCCC=CCOC(=O)CCCCCCCC(=O)OCC(COC(=O)CCC(OCCCCCCC)OCCCCCCC)COC(=O)OCCCN(CC)CC. The molecule has 0 bridgehead atoms. The van der Waals surface area contributed by atoms with Crippen molar-refractivity contribution >= 4 is 24.1 Å². The average molecular weight is 856 g/mol. The molecule has 0 fully saturated rings. The van der Waals surface area contributed by atoms with E-state index in [4.69, 9.17) is 33.2 Å². The maximum absolute atomic E-state index is 12.9. The van der Waals surface area contributed by atoms with Crippen LogP contribution >= 0.6 is 0 Å². The quantitative estimate of drug-likeness (QED) is 0.0190. The second-order valence-electron chi connectivity index (χ2n) is 15.8. The molecular formula is C48H89NO11. The van der Waals surface area contributed by atoms with Gasteiger partial charge in [-0.25, -0.2) is 4.79 Å². The predicted octanol–water partition coefficient (Wildman–Crippen LogP) is 11.5. The van der Waals surface area contributed by atoms with E-state index < -0.39 is 24.3 Å². The molecule has 0 spiro atoms. The first-order valence-electron chi connectivity index (χ1n) is 24.2. The third-order valence-electron chi connectivity index (χ3n) is 10.3. The van der Waals surface area contributed by atoms with Gasteiger partial charge in [0.15, 0.2) is 6.29 Å². The summed E-state index contributed by atoms with van der Waals surface area (Å²) in [6.07, 6.45) is 25.7. The molecule has 0 aromatic heterocycles. The van der Waals surface area contributed by atoms with Gasteiger partial charge in [-0.3, -0.25) is 14.4 Å². The molecule has 0 rings (SSSR count). The molecule has 0 aromatic rings. The van der Waals surface area contributed by atoms with Crippen molar-refractivity contribution in [1.82, 2.24) is 4.90 Å². The van der Waals surface area contributed by atoms with Crippen LogP contribution in [0.15, 0.2) is 12.2 Å². The first kappa shape index (κ1) is 57.3. The van der Waals surface area contributed by atoms with Gasteiger partial charge in [0, 0.05) is 39.0 Å². The van der Waals surface area contributed by atoms with Crippen LogP contribution in [0.4, 0.5) is 4.79 Å². The van der Waals surface area contributed by atoms with Crippen molar-refractivity contribution in [2.45, 2.75) is 201 Å². The molecule has 352 valence electrons. The minimum atomic E-state index is -0.808. The van der Waals surface area contributed by atoms with Crippen LogP contribution in [0.25, 0.3) is 0 Å². The van der Waals surface area contributed by atoms with Crippen molar-refractivity contribution in [2.24, 2.45) is 5.92 Å². The van der Waals surface area contributed by atoms with Gasteiger partial charge >= 0.3 is 24.1 Å².